The van der Waals surface area contributed by atoms with E-state index in [1.165, 1.54) is 6.92 Å². The second kappa shape index (κ2) is 5.06. The highest BCUT2D eigenvalue weighted by Gasteiger charge is 2.69. The molecule has 1 aliphatic heterocycles. The second-order valence-corrected chi connectivity index (χ2v) is 9.49. The predicted molar refractivity (Wildman–Crippen MR) is 93.9 cm³/mol. The van der Waals surface area contributed by atoms with Crippen molar-refractivity contribution >= 4 is 17.5 Å². The van der Waals surface area contributed by atoms with Crippen molar-refractivity contribution in [2.45, 2.75) is 71.5 Å². The van der Waals surface area contributed by atoms with E-state index in [9.17, 15) is 14.4 Å². The maximum Gasteiger partial charge on any atom is 0.221 e. The lowest BCUT2D eigenvalue weighted by molar-refractivity contribution is -0.132. The van der Waals surface area contributed by atoms with Gasteiger partial charge in [-0.05, 0) is 55.4 Å². The molecular formula is C21H27NO4. The number of Topliss-reactive ketones (excluding diaryl/α,β-unsaturated/α-hetero) is 2. The fourth-order valence-corrected chi connectivity index (χ4v) is 7.16. The highest BCUT2D eigenvalue weighted by atomic mass is 16.6. The molecule has 0 aromatic carbocycles. The number of carbonyl (C=O) groups excluding carboxylic acids is 3. The zero-order valence-corrected chi connectivity index (χ0v) is 15.8. The molecule has 5 aliphatic rings. The summed E-state index contributed by atoms with van der Waals surface area (Å²) in [5.41, 5.74) is 1.28. The Labute approximate surface area is 153 Å². The molecule has 2 unspecified atom stereocenters. The third-order valence-corrected chi connectivity index (χ3v) is 8.48. The van der Waals surface area contributed by atoms with Crippen LogP contribution in [0.1, 0.15) is 59.3 Å². The molecule has 26 heavy (non-hydrogen) atoms. The van der Waals surface area contributed by atoms with Crippen LogP contribution in [0.3, 0.4) is 0 Å². The fourth-order valence-electron chi connectivity index (χ4n) is 7.16. The van der Waals surface area contributed by atoms with Crippen molar-refractivity contribution in [3.8, 4) is 0 Å². The summed E-state index contributed by atoms with van der Waals surface area (Å²) in [5, 5.41) is 2.83. The minimum absolute atomic E-state index is 0.0447. The van der Waals surface area contributed by atoms with Crippen molar-refractivity contribution in [2.24, 2.45) is 28.6 Å². The van der Waals surface area contributed by atoms with Crippen molar-refractivity contribution in [1.82, 2.24) is 5.32 Å². The van der Waals surface area contributed by atoms with Crippen molar-refractivity contribution in [1.29, 1.82) is 0 Å². The van der Waals surface area contributed by atoms with Gasteiger partial charge in [-0.2, -0.15) is 0 Å². The molecule has 0 aromatic rings. The van der Waals surface area contributed by atoms with Gasteiger partial charge in [0.05, 0.1) is 5.70 Å². The first kappa shape index (κ1) is 16.7. The number of hydrogen-bond acceptors (Lipinski definition) is 4. The summed E-state index contributed by atoms with van der Waals surface area (Å²) < 4.78 is 5.87. The van der Waals surface area contributed by atoms with Crippen LogP contribution in [0.4, 0.5) is 0 Å². The minimum atomic E-state index is -0.386. The van der Waals surface area contributed by atoms with Gasteiger partial charge in [0, 0.05) is 24.2 Å². The molecule has 0 bridgehead atoms. The molecule has 1 heterocycles. The topological polar surface area (TPSA) is 75.8 Å². The maximum atomic E-state index is 12.7. The molecular weight excluding hydrogens is 330 g/mol. The second-order valence-electron chi connectivity index (χ2n) is 9.49. The van der Waals surface area contributed by atoms with Crippen LogP contribution in [0.2, 0.25) is 0 Å². The first-order valence-electron chi connectivity index (χ1n) is 10.0. The Bertz CT molecular complexity index is 770. The van der Waals surface area contributed by atoms with Gasteiger partial charge in [-0.1, -0.05) is 13.8 Å². The number of fused-ring (bicyclic) bond motifs is 7. The molecule has 1 N–H and O–H groups in total. The smallest absolute Gasteiger partial charge is 0.221 e. The molecule has 1 amide bonds. The molecule has 7 atom stereocenters. The highest BCUT2D eigenvalue weighted by molar-refractivity contribution is 6.05. The summed E-state index contributed by atoms with van der Waals surface area (Å²) >= 11 is 0. The molecule has 4 fully saturated rings. The number of nitrogens with one attached hydrogen (secondary N) is 1. The first-order chi connectivity index (χ1) is 12.3. The molecule has 3 saturated carbocycles. The van der Waals surface area contributed by atoms with E-state index in [1.807, 2.05) is 0 Å². The molecule has 5 nitrogen and oxygen atoms in total. The van der Waals surface area contributed by atoms with E-state index < -0.39 is 0 Å². The Morgan fingerprint density at radius 2 is 1.88 bits per heavy atom. The summed E-state index contributed by atoms with van der Waals surface area (Å²) in [6.45, 7) is 5.89. The molecule has 5 rings (SSSR count). The quantitative estimate of drug-likeness (QED) is 0.732. The summed E-state index contributed by atoms with van der Waals surface area (Å²) in [7, 11) is 0. The van der Waals surface area contributed by atoms with Crippen LogP contribution >= 0.6 is 0 Å². The molecule has 0 aromatic heterocycles. The number of amides is 1. The van der Waals surface area contributed by atoms with E-state index in [4.69, 9.17) is 4.74 Å². The van der Waals surface area contributed by atoms with E-state index in [0.29, 0.717) is 29.2 Å². The van der Waals surface area contributed by atoms with Crippen molar-refractivity contribution < 1.29 is 19.1 Å². The van der Waals surface area contributed by atoms with Crippen LogP contribution in [-0.4, -0.2) is 29.7 Å². The third kappa shape index (κ3) is 1.88. The van der Waals surface area contributed by atoms with Crippen LogP contribution in [0.15, 0.2) is 11.3 Å². The lowest BCUT2D eigenvalue weighted by Gasteiger charge is -2.56. The first-order valence-corrected chi connectivity index (χ1v) is 10.0. The zero-order chi connectivity index (χ0) is 18.4. The Hall–Kier alpha value is -1.49. The van der Waals surface area contributed by atoms with Crippen LogP contribution in [0.25, 0.3) is 0 Å². The summed E-state index contributed by atoms with van der Waals surface area (Å²) in [6.07, 6.45) is 5.10. The van der Waals surface area contributed by atoms with Crippen LogP contribution in [0, 0.1) is 28.6 Å². The van der Waals surface area contributed by atoms with E-state index in [0.717, 1.165) is 44.1 Å². The molecule has 4 aliphatic carbocycles. The van der Waals surface area contributed by atoms with E-state index in [1.54, 1.807) is 0 Å². The average molecular weight is 357 g/mol. The van der Waals surface area contributed by atoms with Crippen molar-refractivity contribution in [2.75, 3.05) is 0 Å². The standard InChI is InChI=1S/C21H27NO4/c1-10(23)22-16-14-5-4-11-12-6-7-15(24)20(12,2)9-8-13(11)21(14,3)19-18(26-19)17(16)25/h11-13,18-19H,4-9H2,1-3H3,(H,22,23)/t11-,12-,13+,18?,19?,20-,21+/m0/s1. The summed E-state index contributed by atoms with van der Waals surface area (Å²) in [5.74, 6) is 1.62. The number of carbonyl (C=O) groups is 3. The SMILES string of the molecule is CC(=O)NC1=C2CC[C@@H]3[C@@H](CC[C@]4(C)C(=O)CC[C@@H]34)[C@@]2(C)C2OC2C1=O. The van der Waals surface area contributed by atoms with Crippen LogP contribution in [0.5, 0.6) is 0 Å². The minimum Gasteiger partial charge on any atom is -0.360 e. The number of ketones is 2. The van der Waals surface area contributed by atoms with Gasteiger partial charge in [-0.15, -0.1) is 0 Å². The number of hydrogen-bond donors (Lipinski definition) is 1. The molecule has 0 radical (unpaired) electrons. The monoisotopic (exact) mass is 357 g/mol. The van der Waals surface area contributed by atoms with Gasteiger partial charge >= 0.3 is 0 Å². The molecule has 140 valence electrons. The van der Waals surface area contributed by atoms with Crippen LogP contribution in [-0.2, 0) is 19.1 Å². The molecule has 1 saturated heterocycles. The van der Waals surface area contributed by atoms with Gasteiger partial charge in [0.25, 0.3) is 0 Å². The molecule has 5 heteroatoms. The van der Waals surface area contributed by atoms with Gasteiger partial charge in [-0.3, -0.25) is 14.4 Å². The average Bonchev–Trinajstić information content (AvgIpc) is 3.34. The normalized spacial score (nSPS) is 49.1. The number of ether oxygens (including phenoxy) is 1. The van der Waals surface area contributed by atoms with Gasteiger partial charge in [-0.25, -0.2) is 0 Å². The van der Waals surface area contributed by atoms with E-state index in [-0.39, 0.29) is 34.7 Å². The Morgan fingerprint density at radius 3 is 2.62 bits per heavy atom. The highest BCUT2D eigenvalue weighted by Crippen LogP contribution is 2.67. The lowest BCUT2D eigenvalue weighted by atomic mass is 9.47. The van der Waals surface area contributed by atoms with Crippen LogP contribution < -0.4 is 5.32 Å². The number of epoxide rings is 1. The third-order valence-electron chi connectivity index (χ3n) is 8.48. The van der Waals surface area contributed by atoms with Gasteiger partial charge in [0.15, 0.2) is 0 Å². The maximum absolute atomic E-state index is 12.7. The summed E-state index contributed by atoms with van der Waals surface area (Å²) in [6, 6.07) is 0. The predicted octanol–water partition coefficient (Wildman–Crippen LogP) is 2.54. The van der Waals surface area contributed by atoms with Crippen molar-refractivity contribution in [3.05, 3.63) is 11.3 Å². The van der Waals surface area contributed by atoms with Gasteiger partial charge < -0.3 is 10.1 Å². The van der Waals surface area contributed by atoms with Crippen molar-refractivity contribution in [3.63, 3.8) is 0 Å². The molecule has 0 spiro atoms. The van der Waals surface area contributed by atoms with E-state index in [2.05, 4.69) is 19.2 Å². The number of rotatable bonds is 1. The van der Waals surface area contributed by atoms with Gasteiger partial charge in [0.2, 0.25) is 11.7 Å². The van der Waals surface area contributed by atoms with Gasteiger partial charge in [0.1, 0.15) is 18.0 Å². The summed E-state index contributed by atoms with van der Waals surface area (Å²) in [4.78, 5) is 36.9. The fraction of sp³-hybridized carbons (Fsp3) is 0.762. The Kier molecular flexibility index (Phi) is 3.25. The van der Waals surface area contributed by atoms with E-state index >= 15 is 0 Å². The zero-order valence-electron chi connectivity index (χ0n) is 15.8. The largest absolute Gasteiger partial charge is 0.360 e. The Balaban J connectivity index is 1.57. The lowest BCUT2D eigenvalue weighted by Crippen LogP contribution is -2.54. The Morgan fingerprint density at radius 1 is 1.12 bits per heavy atom.